The molecule has 0 saturated heterocycles. The molecule has 0 bridgehead atoms. The molecular formula is C12H13Cl2NO3S. The van der Waals surface area contributed by atoms with Crippen molar-refractivity contribution in [1.29, 1.82) is 0 Å². The Bertz CT molecular complexity index is 482. The normalized spacial score (nSPS) is 11.9. The molecule has 0 radical (unpaired) electrons. The molecule has 104 valence electrons. The van der Waals surface area contributed by atoms with Crippen molar-refractivity contribution in [3.8, 4) is 0 Å². The van der Waals surface area contributed by atoms with Crippen molar-refractivity contribution in [2.45, 2.75) is 24.3 Å². The van der Waals surface area contributed by atoms with Gasteiger partial charge in [-0.1, -0.05) is 30.1 Å². The summed E-state index contributed by atoms with van der Waals surface area (Å²) in [7, 11) is 0. The molecule has 1 atom stereocenters. The van der Waals surface area contributed by atoms with Gasteiger partial charge in [-0.15, -0.1) is 11.8 Å². The SMILES string of the molecule is CC[C@H](NC(=O)CSc1cc(Cl)ccc1Cl)C(=O)O. The largest absolute Gasteiger partial charge is 0.480 e. The van der Waals surface area contributed by atoms with Crippen LogP contribution in [0.5, 0.6) is 0 Å². The highest BCUT2D eigenvalue weighted by Gasteiger charge is 2.17. The van der Waals surface area contributed by atoms with Crippen LogP contribution >= 0.6 is 35.0 Å². The molecule has 0 aliphatic carbocycles. The maximum Gasteiger partial charge on any atom is 0.326 e. The summed E-state index contributed by atoms with van der Waals surface area (Å²) in [6.07, 6.45) is 0.337. The van der Waals surface area contributed by atoms with Gasteiger partial charge in [0.25, 0.3) is 0 Å². The van der Waals surface area contributed by atoms with Crippen LogP contribution in [0.4, 0.5) is 0 Å². The Morgan fingerprint density at radius 2 is 2.11 bits per heavy atom. The number of halogens is 2. The van der Waals surface area contributed by atoms with E-state index in [1.807, 2.05) is 0 Å². The van der Waals surface area contributed by atoms with Crippen molar-refractivity contribution in [2.24, 2.45) is 0 Å². The lowest BCUT2D eigenvalue weighted by Crippen LogP contribution is -2.41. The standard InChI is InChI=1S/C12H13Cl2NO3S/c1-2-9(12(17)18)15-11(16)6-19-10-5-7(13)3-4-8(10)14/h3-5,9H,2,6H2,1H3,(H,15,16)(H,17,18)/t9-/m0/s1. The average Bonchev–Trinajstić information content (AvgIpc) is 2.36. The highest BCUT2D eigenvalue weighted by atomic mass is 35.5. The van der Waals surface area contributed by atoms with Gasteiger partial charge in [-0.05, 0) is 24.6 Å². The van der Waals surface area contributed by atoms with Crippen LogP contribution in [0, 0.1) is 0 Å². The Balaban J connectivity index is 2.54. The van der Waals surface area contributed by atoms with Crippen LogP contribution in [-0.4, -0.2) is 28.8 Å². The zero-order valence-corrected chi connectivity index (χ0v) is 12.5. The number of hydrogen-bond acceptors (Lipinski definition) is 3. The van der Waals surface area contributed by atoms with Gasteiger partial charge in [0.1, 0.15) is 6.04 Å². The molecular weight excluding hydrogens is 309 g/mol. The van der Waals surface area contributed by atoms with Crippen LogP contribution in [0.25, 0.3) is 0 Å². The minimum Gasteiger partial charge on any atom is -0.480 e. The lowest BCUT2D eigenvalue weighted by Gasteiger charge is -2.12. The van der Waals surface area contributed by atoms with E-state index in [2.05, 4.69) is 5.32 Å². The number of carboxylic acid groups (broad SMARTS) is 1. The monoisotopic (exact) mass is 321 g/mol. The molecule has 1 rings (SSSR count). The van der Waals surface area contributed by atoms with Gasteiger partial charge >= 0.3 is 5.97 Å². The molecule has 0 aliphatic rings. The van der Waals surface area contributed by atoms with Crippen LogP contribution in [-0.2, 0) is 9.59 Å². The Morgan fingerprint density at radius 1 is 1.42 bits per heavy atom. The Kier molecular flexibility index (Phi) is 6.48. The van der Waals surface area contributed by atoms with Crippen LogP contribution < -0.4 is 5.32 Å². The van der Waals surface area contributed by atoms with Crippen molar-refractivity contribution >= 4 is 46.8 Å². The maximum absolute atomic E-state index is 11.6. The second-order valence-electron chi connectivity index (χ2n) is 3.73. The smallest absolute Gasteiger partial charge is 0.326 e. The fourth-order valence-electron chi connectivity index (χ4n) is 1.31. The Morgan fingerprint density at radius 3 is 2.68 bits per heavy atom. The van der Waals surface area contributed by atoms with Crippen molar-refractivity contribution in [3.05, 3.63) is 28.2 Å². The predicted octanol–water partition coefficient (Wildman–Crippen LogP) is 3.06. The van der Waals surface area contributed by atoms with Gasteiger partial charge in [0.05, 0.1) is 10.8 Å². The molecule has 0 spiro atoms. The summed E-state index contributed by atoms with van der Waals surface area (Å²) in [5.74, 6) is -1.30. The first kappa shape index (κ1) is 16.1. The highest BCUT2D eigenvalue weighted by molar-refractivity contribution is 8.00. The first-order valence-corrected chi connectivity index (χ1v) is 7.28. The molecule has 0 saturated carbocycles. The first-order valence-electron chi connectivity index (χ1n) is 5.54. The number of carboxylic acids is 1. The van der Waals surface area contributed by atoms with Gasteiger partial charge < -0.3 is 10.4 Å². The molecule has 4 nitrogen and oxygen atoms in total. The summed E-state index contributed by atoms with van der Waals surface area (Å²) in [6, 6.07) is 4.11. The number of hydrogen-bond donors (Lipinski definition) is 2. The van der Waals surface area contributed by atoms with E-state index in [4.69, 9.17) is 28.3 Å². The lowest BCUT2D eigenvalue weighted by atomic mass is 10.2. The van der Waals surface area contributed by atoms with Crippen LogP contribution in [0.1, 0.15) is 13.3 Å². The third-order valence-corrected chi connectivity index (χ3v) is 4.03. The Hall–Kier alpha value is -0.910. The number of carbonyl (C=O) groups is 2. The lowest BCUT2D eigenvalue weighted by molar-refractivity contribution is -0.141. The Labute approximate surface area is 125 Å². The van der Waals surface area contributed by atoms with Gasteiger partial charge in [-0.25, -0.2) is 4.79 Å². The minimum absolute atomic E-state index is 0.0871. The summed E-state index contributed by atoms with van der Waals surface area (Å²) in [5, 5.41) is 12.3. The van der Waals surface area contributed by atoms with Crippen LogP contribution in [0.15, 0.2) is 23.1 Å². The quantitative estimate of drug-likeness (QED) is 0.790. The van der Waals surface area contributed by atoms with E-state index >= 15 is 0 Å². The van der Waals surface area contributed by atoms with Crippen molar-refractivity contribution in [1.82, 2.24) is 5.32 Å². The van der Waals surface area contributed by atoms with Gasteiger partial charge in [0, 0.05) is 9.92 Å². The molecule has 0 unspecified atom stereocenters. The fourth-order valence-corrected chi connectivity index (χ4v) is 2.61. The number of aliphatic carboxylic acids is 1. The number of rotatable bonds is 6. The van der Waals surface area contributed by atoms with Crippen LogP contribution in [0.2, 0.25) is 10.0 Å². The zero-order valence-electron chi connectivity index (χ0n) is 10.2. The topological polar surface area (TPSA) is 66.4 Å². The van der Waals surface area contributed by atoms with Gasteiger partial charge in [-0.2, -0.15) is 0 Å². The van der Waals surface area contributed by atoms with Crippen molar-refractivity contribution in [3.63, 3.8) is 0 Å². The molecule has 7 heteroatoms. The summed E-state index contributed by atoms with van der Waals surface area (Å²) in [6.45, 7) is 1.69. The summed E-state index contributed by atoms with van der Waals surface area (Å²) < 4.78 is 0. The van der Waals surface area contributed by atoms with E-state index in [1.165, 1.54) is 11.8 Å². The van der Waals surface area contributed by atoms with Crippen molar-refractivity contribution < 1.29 is 14.7 Å². The number of thioether (sulfide) groups is 1. The van der Waals surface area contributed by atoms with Gasteiger partial charge in [0.15, 0.2) is 0 Å². The molecule has 2 N–H and O–H groups in total. The molecule has 1 amide bonds. The molecule has 0 fully saturated rings. The van der Waals surface area contributed by atoms with Gasteiger partial charge in [-0.3, -0.25) is 4.79 Å². The number of benzene rings is 1. The number of amides is 1. The van der Waals surface area contributed by atoms with E-state index < -0.39 is 12.0 Å². The number of carbonyl (C=O) groups excluding carboxylic acids is 1. The molecule has 1 aromatic carbocycles. The third kappa shape index (κ3) is 5.30. The fraction of sp³-hybridized carbons (Fsp3) is 0.333. The van der Waals surface area contributed by atoms with Gasteiger partial charge in [0.2, 0.25) is 5.91 Å². The second kappa shape index (κ2) is 7.62. The second-order valence-corrected chi connectivity index (χ2v) is 5.59. The maximum atomic E-state index is 11.6. The van der Waals surface area contributed by atoms with Crippen LogP contribution in [0.3, 0.4) is 0 Å². The van der Waals surface area contributed by atoms with E-state index in [0.29, 0.717) is 21.4 Å². The molecule has 0 heterocycles. The average molecular weight is 322 g/mol. The summed E-state index contributed by atoms with van der Waals surface area (Å²) in [5.41, 5.74) is 0. The van der Waals surface area contributed by atoms with E-state index in [1.54, 1.807) is 25.1 Å². The zero-order chi connectivity index (χ0) is 14.4. The number of nitrogens with one attached hydrogen (secondary N) is 1. The van der Waals surface area contributed by atoms with Crippen molar-refractivity contribution in [2.75, 3.05) is 5.75 Å². The summed E-state index contributed by atoms with van der Waals surface area (Å²) in [4.78, 5) is 23.1. The highest BCUT2D eigenvalue weighted by Crippen LogP contribution is 2.29. The minimum atomic E-state index is -1.04. The molecule has 19 heavy (non-hydrogen) atoms. The molecule has 1 aromatic rings. The predicted molar refractivity (Wildman–Crippen MR) is 77.0 cm³/mol. The van der Waals surface area contributed by atoms with E-state index in [0.717, 1.165) is 0 Å². The first-order chi connectivity index (χ1) is 8.93. The van der Waals surface area contributed by atoms with E-state index in [-0.39, 0.29) is 11.7 Å². The summed E-state index contributed by atoms with van der Waals surface area (Å²) >= 11 is 13.0. The molecule has 0 aliphatic heterocycles. The third-order valence-electron chi connectivity index (χ3n) is 2.29. The van der Waals surface area contributed by atoms with E-state index in [9.17, 15) is 9.59 Å². The molecule has 0 aromatic heterocycles.